The molecule has 18 heteroatoms. The van der Waals surface area contributed by atoms with E-state index in [1.165, 1.54) is 28.4 Å². The maximum atomic E-state index is 12.6. The van der Waals surface area contributed by atoms with E-state index in [0.717, 1.165) is 39.2 Å². The molecule has 6 aromatic heterocycles. The van der Waals surface area contributed by atoms with Crippen molar-refractivity contribution < 1.29 is 46.8 Å². The molecule has 0 radical (unpaired) electrons. The summed E-state index contributed by atoms with van der Waals surface area (Å²) in [5, 5.41) is 17.8. The van der Waals surface area contributed by atoms with E-state index in [2.05, 4.69) is 20.2 Å². The third-order valence-electron chi connectivity index (χ3n) is 9.83. The van der Waals surface area contributed by atoms with Gasteiger partial charge in [-0.05, 0) is 59.7 Å². The summed E-state index contributed by atoms with van der Waals surface area (Å²) >= 11 is 0. The predicted octanol–water partition coefficient (Wildman–Crippen LogP) is 8.06. The molecule has 0 aliphatic rings. The third-order valence-corrected chi connectivity index (χ3v) is 9.83. The summed E-state index contributed by atoms with van der Waals surface area (Å²) in [5.41, 5.74) is 8.21. The number of carboxylic acid groups (broad SMARTS) is 1. The number of aromatic carboxylic acids is 1. The molecule has 0 saturated carbocycles. The fourth-order valence-electron chi connectivity index (χ4n) is 6.87. The SMILES string of the molecule is COc1cc(-c2cnc3cc(-c4cnn(C)c4)ccn23)cc(OC)c1C(=O)CCC(F)(F)F.COc1cc(-c2cnc3cc(-c4cnn(C)c4)ccn23)cc(OC)c1C(=O)O. The molecule has 15 nitrogen and oxygen atoms in total. The molecule has 314 valence electrons. The zero-order valence-corrected chi connectivity index (χ0v) is 33.8. The molecular weight excluding hydrogens is 798 g/mol. The Morgan fingerprint density at radius 3 is 1.36 bits per heavy atom. The van der Waals surface area contributed by atoms with Gasteiger partial charge >= 0.3 is 12.1 Å². The predicted molar refractivity (Wildman–Crippen MR) is 218 cm³/mol. The molecule has 0 atom stereocenters. The standard InChI is InChI=1S/C23H21F3N4O3.C20H18N4O4/c1-29-13-16(11-28-29)14-5-7-30-17(12-27-21(30)10-14)15-8-19(32-2)22(20(9-15)33-3)18(31)4-6-23(24,25)26;1-23-11-14(9-22-23)12-4-5-24-15(10-21-18(24)8-12)13-6-16(27-2)19(20(25)26)17(7-13)28-3/h5,7-13H,4,6H2,1-3H3;4-11H,1-3H3,(H,25,26). The summed E-state index contributed by atoms with van der Waals surface area (Å²) in [6.07, 6.45) is 8.26. The van der Waals surface area contributed by atoms with Crippen LogP contribution in [0, 0.1) is 0 Å². The number of pyridine rings is 2. The van der Waals surface area contributed by atoms with Crippen LogP contribution in [0.15, 0.2) is 98.1 Å². The van der Waals surface area contributed by atoms with Crippen molar-refractivity contribution in [3.8, 4) is 67.8 Å². The number of ether oxygens (including phenoxy) is 4. The van der Waals surface area contributed by atoms with Gasteiger partial charge in [-0.2, -0.15) is 23.4 Å². The molecule has 8 rings (SSSR count). The Morgan fingerprint density at radius 1 is 0.607 bits per heavy atom. The van der Waals surface area contributed by atoms with Gasteiger partial charge in [0.2, 0.25) is 0 Å². The summed E-state index contributed by atoms with van der Waals surface area (Å²) in [6.45, 7) is 0. The van der Waals surface area contributed by atoms with E-state index in [4.69, 9.17) is 18.9 Å². The van der Waals surface area contributed by atoms with Crippen LogP contribution in [-0.2, 0) is 14.1 Å². The molecule has 2 aromatic carbocycles. The molecule has 0 aliphatic heterocycles. The van der Waals surface area contributed by atoms with E-state index < -0.39 is 30.8 Å². The largest absolute Gasteiger partial charge is 0.496 e. The van der Waals surface area contributed by atoms with Gasteiger partial charge < -0.3 is 24.1 Å². The fraction of sp³-hybridized carbons (Fsp3) is 0.209. The first-order valence-corrected chi connectivity index (χ1v) is 18.5. The zero-order valence-electron chi connectivity index (χ0n) is 33.8. The molecule has 0 saturated heterocycles. The fourth-order valence-corrected chi connectivity index (χ4v) is 6.87. The van der Waals surface area contributed by atoms with E-state index >= 15 is 0 Å². The zero-order chi connectivity index (χ0) is 43.6. The highest BCUT2D eigenvalue weighted by Crippen LogP contribution is 2.38. The average molecular weight is 837 g/mol. The van der Waals surface area contributed by atoms with Gasteiger partial charge in [-0.3, -0.25) is 23.0 Å². The lowest BCUT2D eigenvalue weighted by Crippen LogP contribution is -2.12. The molecule has 0 spiro atoms. The second-order valence-corrected chi connectivity index (χ2v) is 13.7. The lowest BCUT2D eigenvalue weighted by molar-refractivity contribution is -0.133. The molecule has 1 N–H and O–H groups in total. The van der Waals surface area contributed by atoms with Gasteiger partial charge in [0.25, 0.3) is 0 Å². The third kappa shape index (κ3) is 8.59. The highest BCUT2D eigenvalue weighted by Gasteiger charge is 2.30. The molecule has 0 unspecified atom stereocenters. The van der Waals surface area contributed by atoms with Crippen molar-refractivity contribution in [1.82, 2.24) is 38.3 Å². The van der Waals surface area contributed by atoms with Gasteiger partial charge in [-0.1, -0.05) is 0 Å². The number of hydrogen-bond donors (Lipinski definition) is 1. The minimum Gasteiger partial charge on any atom is -0.496 e. The maximum Gasteiger partial charge on any atom is 0.389 e. The van der Waals surface area contributed by atoms with E-state index in [-0.39, 0.29) is 34.1 Å². The van der Waals surface area contributed by atoms with Gasteiger partial charge in [-0.25, -0.2) is 14.8 Å². The number of aryl methyl sites for hydroxylation is 2. The molecule has 0 fully saturated rings. The second-order valence-electron chi connectivity index (χ2n) is 13.7. The van der Waals surface area contributed by atoms with Crippen LogP contribution < -0.4 is 18.9 Å². The Kier molecular flexibility index (Phi) is 11.5. The number of carbonyl (C=O) groups is 2. The van der Waals surface area contributed by atoms with Crippen LogP contribution in [0.5, 0.6) is 23.0 Å². The normalized spacial score (nSPS) is 11.4. The quantitative estimate of drug-likeness (QED) is 0.119. The molecule has 0 bridgehead atoms. The number of carboxylic acids is 1. The number of imidazole rings is 2. The molecule has 61 heavy (non-hydrogen) atoms. The minimum atomic E-state index is -4.43. The van der Waals surface area contributed by atoms with Crippen LogP contribution in [-0.4, -0.2) is 89.8 Å². The first-order valence-electron chi connectivity index (χ1n) is 18.5. The second kappa shape index (κ2) is 16.9. The van der Waals surface area contributed by atoms with Crippen molar-refractivity contribution in [3.63, 3.8) is 0 Å². The van der Waals surface area contributed by atoms with Gasteiger partial charge in [-0.15, -0.1) is 0 Å². The molecule has 0 aliphatic carbocycles. The lowest BCUT2D eigenvalue weighted by Gasteiger charge is -2.15. The Balaban J connectivity index is 0.000000186. The number of alkyl halides is 3. The summed E-state index contributed by atoms with van der Waals surface area (Å²) in [4.78, 5) is 33.1. The van der Waals surface area contributed by atoms with E-state index in [0.29, 0.717) is 16.9 Å². The summed E-state index contributed by atoms with van der Waals surface area (Å²) < 4.78 is 66.3. The highest BCUT2D eigenvalue weighted by molar-refractivity contribution is 6.02. The van der Waals surface area contributed by atoms with Gasteiger partial charge in [0.05, 0.1) is 71.0 Å². The number of Topliss-reactive ketones (excluding diaryl/α,β-unsaturated/α-hetero) is 1. The average Bonchev–Trinajstić information content (AvgIpc) is 4.08. The molecule has 6 heterocycles. The van der Waals surface area contributed by atoms with Crippen LogP contribution in [0.4, 0.5) is 13.2 Å². The van der Waals surface area contributed by atoms with Crippen molar-refractivity contribution in [1.29, 1.82) is 0 Å². The van der Waals surface area contributed by atoms with E-state index in [1.807, 2.05) is 71.9 Å². The summed E-state index contributed by atoms with van der Waals surface area (Å²) in [5.74, 6) is -1.09. The van der Waals surface area contributed by atoms with Crippen LogP contribution >= 0.6 is 0 Å². The van der Waals surface area contributed by atoms with Crippen molar-refractivity contribution in [2.75, 3.05) is 28.4 Å². The van der Waals surface area contributed by atoms with E-state index in [1.54, 1.807) is 58.4 Å². The first-order chi connectivity index (χ1) is 29.2. The Hall–Kier alpha value is -7.63. The van der Waals surface area contributed by atoms with Gasteiger partial charge in [0.15, 0.2) is 5.78 Å². The Bertz CT molecular complexity index is 2860. The topological polar surface area (TPSA) is 162 Å². The number of ketones is 1. The Morgan fingerprint density at radius 2 is 1.02 bits per heavy atom. The smallest absolute Gasteiger partial charge is 0.389 e. The molecule has 0 amide bonds. The van der Waals surface area contributed by atoms with Crippen LogP contribution in [0.2, 0.25) is 0 Å². The number of halogens is 3. The number of fused-ring (bicyclic) bond motifs is 2. The number of aromatic nitrogens is 8. The lowest BCUT2D eigenvalue weighted by atomic mass is 10.0. The van der Waals surface area contributed by atoms with Gasteiger partial charge in [0.1, 0.15) is 45.4 Å². The molecule has 8 aromatic rings. The van der Waals surface area contributed by atoms with Crippen molar-refractivity contribution >= 4 is 23.0 Å². The van der Waals surface area contributed by atoms with Crippen molar-refractivity contribution in [2.45, 2.75) is 19.0 Å². The minimum absolute atomic E-state index is 0.0126. The monoisotopic (exact) mass is 836 g/mol. The van der Waals surface area contributed by atoms with E-state index in [9.17, 15) is 27.9 Å². The van der Waals surface area contributed by atoms with Crippen LogP contribution in [0.3, 0.4) is 0 Å². The van der Waals surface area contributed by atoms with Gasteiger partial charge in [0, 0.05) is 67.6 Å². The number of nitrogens with zero attached hydrogens (tertiary/aromatic N) is 8. The summed E-state index contributed by atoms with van der Waals surface area (Å²) in [7, 11) is 9.28. The first kappa shape index (κ1) is 41.5. The number of rotatable bonds is 12. The van der Waals surface area contributed by atoms with Crippen LogP contribution in [0.1, 0.15) is 33.6 Å². The highest BCUT2D eigenvalue weighted by atomic mass is 19.4. The number of methoxy groups -OCH3 is 4. The number of carbonyl (C=O) groups excluding carboxylic acids is 1. The molecular formula is C43H39F3N8O7. The number of hydrogen-bond acceptors (Lipinski definition) is 10. The Labute approximate surface area is 346 Å². The van der Waals surface area contributed by atoms with Crippen molar-refractivity contribution in [2.24, 2.45) is 14.1 Å². The van der Waals surface area contributed by atoms with Crippen molar-refractivity contribution in [3.05, 3.63) is 109 Å². The van der Waals surface area contributed by atoms with Crippen LogP contribution in [0.25, 0.3) is 56.1 Å². The maximum absolute atomic E-state index is 12.6. The number of benzene rings is 2. The summed E-state index contributed by atoms with van der Waals surface area (Å²) in [6, 6.07) is 14.3.